The van der Waals surface area contributed by atoms with E-state index in [-0.39, 0.29) is 0 Å². The second-order valence-corrected chi connectivity index (χ2v) is 5.86. The highest BCUT2D eigenvalue weighted by Crippen LogP contribution is 2.38. The molecule has 0 aliphatic heterocycles. The molecule has 0 amide bonds. The summed E-state index contributed by atoms with van der Waals surface area (Å²) in [4.78, 5) is 3.55. The van der Waals surface area contributed by atoms with Crippen LogP contribution >= 0.6 is 0 Å². The maximum absolute atomic E-state index is 5.98. The number of benzene rings is 1. The van der Waals surface area contributed by atoms with E-state index in [9.17, 15) is 0 Å². The smallest absolute Gasteiger partial charge is 0.120 e. The Morgan fingerprint density at radius 2 is 2.12 bits per heavy atom. The molecule has 1 aliphatic carbocycles. The molecule has 0 unspecified atom stereocenters. The highest BCUT2D eigenvalue weighted by Gasteiger charge is 2.20. The average Bonchev–Trinajstić information content (AvgIpc) is 3.16. The summed E-state index contributed by atoms with van der Waals surface area (Å²) in [6, 6.07) is 6.27. The highest BCUT2D eigenvalue weighted by molar-refractivity contribution is 5.92. The molecule has 1 aromatic carbocycles. The number of hydrogen-bond acceptors (Lipinski definition) is 1. The largest absolute Gasteiger partial charge is 0.489 e. The lowest BCUT2D eigenvalue weighted by molar-refractivity contribution is 0.356. The van der Waals surface area contributed by atoms with E-state index in [4.69, 9.17) is 4.74 Å². The van der Waals surface area contributed by atoms with Gasteiger partial charge in [-0.25, -0.2) is 0 Å². The van der Waals surface area contributed by atoms with Crippen LogP contribution in [0.3, 0.4) is 0 Å². The number of rotatable bonds is 6. The molecule has 122 valence electrons. The molecular weight excluding hydrogens is 294 g/mol. The molecule has 0 fully saturated rings. The van der Waals surface area contributed by atoms with E-state index in [1.165, 1.54) is 27.7 Å². The van der Waals surface area contributed by atoms with E-state index in [1.54, 1.807) is 12.2 Å². The van der Waals surface area contributed by atoms with Crippen molar-refractivity contribution in [3.05, 3.63) is 84.6 Å². The average molecular weight is 317 g/mol. The molecule has 1 heterocycles. The third kappa shape index (κ3) is 3.13. The number of aromatic nitrogens is 1. The summed E-state index contributed by atoms with van der Waals surface area (Å²) in [5, 5.41) is 1.27. The number of aromatic amines is 1. The molecule has 1 aromatic heterocycles. The monoisotopic (exact) mass is 317 g/mol. The van der Waals surface area contributed by atoms with Gasteiger partial charge in [-0.2, -0.15) is 0 Å². The van der Waals surface area contributed by atoms with Crippen LogP contribution in [-0.4, -0.2) is 11.6 Å². The van der Waals surface area contributed by atoms with E-state index in [1.807, 2.05) is 24.3 Å². The molecule has 2 nitrogen and oxygen atoms in total. The molecule has 3 rings (SSSR count). The summed E-state index contributed by atoms with van der Waals surface area (Å²) in [7, 11) is 0. The van der Waals surface area contributed by atoms with Gasteiger partial charge in [-0.3, -0.25) is 0 Å². The second-order valence-electron chi connectivity index (χ2n) is 5.86. The summed E-state index contributed by atoms with van der Waals surface area (Å²) >= 11 is 0. The number of hydrogen-bond donors (Lipinski definition) is 1. The van der Waals surface area contributed by atoms with Crippen molar-refractivity contribution < 1.29 is 4.74 Å². The normalized spacial score (nSPS) is 16.0. The third-order valence-electron chi connectivity index (χ3n) is 4.38. The van der Waals surface area contributed by atoms with E-state index < -0.39 is 0 Å². The predicted molar refractivity (Wildman–Crippen MR) is 103 cm³/mol. The third-order valence-corrected chi connectivity index (χ3v) is 4.38. The van der Waals surface area contributed by atoms with E-state index in [0.717, 1.165) is 24.2 Å². The number of ether oxygens (including phenoxy) is 1. The molecule has 0 bridgehead atoms. The quantitative estimate of drug-likeness (QED) is 0.674. The van der Waals surface area contributed by atoms with E-state index in [2.05, 4.69) is 43.3 Å². The summed E-state index contributed by atoms with van der Waals surface area (Å²) in [5.41, 5.74) is 6.36. The Balaban J connectivity index is 1.84. The van der Waals surface area contributed by atoms with Crippen LogP contribution in [0.4, 0.5) is 0 Å². The standard InChI is InChI=1S/C22H23NO/c1-4-7-9-16(8-5-2)15-24-18-11-13-21-20(14-18)19-12-10-17(6-3)22(19)23-21/h4-9,11,13-14,23H,1-2,10,12,15H2,3H3/b9-7-,16-8+,17-6+. The molecule has 0 saturated heterocycles. The maximum Gasteiger partial charge on any atom is 0.120 e. The van der Waals surface area contributed by atoms with Crippen LogP contribution in [0.15, 0.2) is 73.4 Å². The minimum Gasteiger partial charge on any atom is -0.489 e. The first-order valence-electron chi connectivity index (χ1n) is 8.30. The molecule has 0 atom stereocenters. The van der Waals surface area contributed by atoms with Crippen LogP contribution in [0.25, 0.3) is 16.5 Å². The van der Waals surface area contributed by atoms with Crippen molar-refractivity contribution in [3.63, 3.8) is 0 Å². The van der Waals surface area contributed by atoms with Gasteiger partial charge in [0.1, 0.15) is 12.4 Å². The minimum absolute atomic E-state index is 0.509. The maximum atomic E-state index is 5.98. The van der Waals surface area contributed by atoms with Crippen LogP contribution in [0.5, 0.6) is 5.75 Å². The lowest BCUT2D eigenvalue weighted by Crippen LogP contribution is -1.99. The highest BCUT2D eigenvalue weighted by atomic mass is 16.5. The molecule has 2 aromatic rings. The van der Waals surface area contributed by atoms with Crippen molar-refractivity contribution in [2.24, 2.45) is 0 Å². The van der Waals surface area contributed by atoms with Crippen LogP contribution in [0.2, 0.25) is 0 Å². The number of H-pyrrole nitrogens is 1. The van der Waals surface area contributed by atoms with Crippen molar-refractivity contribution >= 4 is 16.5 Å². The summed E-state index contributed by atoms with van der Waals surface area (Å²) in [6.07, 6.45) is 13.8. The molecule has 0 spiro atoms. The van der Waals surface area contributed by atoms with Crippen LogP contribution in [0, 0.1) is 0 Å². The topological polar surface area (TPSA) is 25.0 Å². The van der Waals surface area contributed by atoms with Crippen molar-refractivity contribution in [1.82, 2.24) is 4.98 Å². The zero-order valence-corrected chi connectivity index (χ0v) is 14.1. The molecule has 0 radical (unpaired) electrons. The first-order chi connectivity index (χ1) is 11.8. The Hall–Kier alpha value is -2.74. The molecule has 1 N–H and O–H groups in total. The van der Waals surface area contributed by atoms with Gasteiger partial charge in [0.2, 0.25) is 0 Å². The van der Waals surface area contributed by atoms with E-state index >= 15 is 0 Å². The second kappa shape index (κ2) is 7.22. The Labute approximate surface area is 143 Å². The number of aryl methyl sites for hydroxylation is 1. The summed E-state index contributed by atoms with van der Waals surface area (Å²) in [6.45, 7) is 10.1. The molecule has 0 saturated carbocycles. The first kappa shape index (κ1) is 16.1. The minimum atomic E-state index is 0.509. The fourth-order valence-corrected chi connectivity index (χ4v) is 3.19. The van der Waals surface area contributed by atoms with E-state index in [0.29, 0.717) is 6.61 Å². The van der Waals surface area contributed by atoms with Gasteiger partial charge < -0.3 is 9.72 Å². The van der Waals surface area contributed by atoms with Crippen molar-refractivity contribution in [2.75, 3.05) is 6.61 Å². The number of nitrogens with one attached hydrogen (secondary N) is 1. The molecule has 24 heavy (non-hydrogen) atoms. The molecule has 2 heteroatoms. The first-order valence-corrected chi connectivity index (χ1v) is 8.30. The summed E-state index contributed by atoms with van der Waals surface area (Å²) < 4.78 is 5.98. The SMILES string of the molecule is C=C/C=C\C(=C/C=C)COc1ccc2[nH]c3c(c2c1)CC/C3=C\C. The zero-order valence-electron chi connectivity index (χ0n) is 14.1. The number of fused-ring (bicyclic) bond motifs is 3. The van der Waals surface area contributed by atoms with Crippen LogP contribution < -0.4 is 4.74 Å². The summed E-state index contributed by atoms with van der Waals surface area (Å²) in [5.74, 6) is 0.889. The van der Waals surface area contributed by atoms with Gasteiger partial charge in [0, 0.05) is 16.6 Å². The van der Waals surface area contributed by atoms with Gasteiger partial charge in [-0.15, -0.1) is 0 Å². The Kier molecular flexibility index (Phi) is 4.85. The molecular formula is C22H23NO. The van der Waals surface area contributed by atoms with Gasteiger partial charge in [-0.1, -0.05) is 49.6 Å². The molecule has 1 aliphatic rings. The Morgan fingerprint density at radius 3 is 2.88 bits per heavy atom. The van der Waals surface area contributed by atoms with Gasteiger partial charge in [-0.05, 0) is 54.7 Å². The van der Waals surface area contributed by atoms with Crippen molar-refractivity contribution in [3.8, 4) is 5.75 Å². The van der Waals surface area contributed by atoms with Gasteiger partial charge in [0.25, 0.3) is 0 Å². The number of allylic oxidation sites excluding steroid dienone is 6. The van der Waals surface area contributed by atoms with Crippen LogP contribution in [0.1, 0.15) is 24.6 Å². The lowest BCUT2D eigenvalue weighted by Gasteiger charge is -2.07. The van der Waals surface area contributed by atoms with Crippen molar-refractivity contribution in [1.29, 1.82) is 0 Å². The Bertz CT molecular complexity index is 861. The fourth-order valence-electron chi connectivity index (χ4n) is 3.19. The zero-order chi connectivity index (χ0) is 16.9. The van der Waals surface area contributed by atoms with Crippen LogP contribution in [-0.2, 0) is 6.42 Å². The fraction of sp³-hybridized carbons (Fsp3) is 0.182. The Morgan fingerprint density at radius 1 is 1.25 bits per heavy atom. The van der Waals surface area contributed by atoms with Gasteiger partial charge >= 0.3 is 0 Å². The van der Waals surface area contributed by atoms with Gasteiger partial charge in [0.15, 0.2) is 0 Å². The van der Waals surface area contributed by atoms with Crippen molar-refractivity contribution in [2.45, 2.75) is 19.8 Å². The lowest BCUT2D eigenvalue weighted by atomic mass is 10.1. The van der Waals surface area contributed by atoms with Gasteiger partial charge in [0.05, 0.1) is 0 Å². The predicted octanol–water partition coefficient (Wildman–Crippen LogP) is 5.75.